The number of nitrogens with zero attached hydrogens (tertiary/aromatic N) is 4. The third-order valence-electron chi connectivity index (χ3n) is 6.74. The molecule has 5 heteroatoms. The second-order valence-electron chi connectivity index (χ2n) is 9.46. The summed E-state index contributed by atoms with van der Waals surface area (Å²) < 4.78 is 0. The zero-order valence-corrected chi connectivity index (χ0v) is 19.9. The molecule has 0 heterocycles. The molecule has 4 rings (SSSR count). The van der Waals surface area contributed by atoms with Crippen molar-refractivity contribution >= 4 is 23.8 Å². The Bertz CT molecular complexity index is 972. The number of phenols is 1. The van der Waals surface area contributed by atoms with Gasteiger partial charge < -0.3 is 10.0 Å². The van der Waals surface area contributed by atoms with E-state index in [2.05, 4.69) is 41.5 Å². The quantitative estimate of drug-likeness (QED) is 0.593. The standard InChI is InChI=1S/C24H30N4O.C2H6/c1-15(26-4)20-21(27-5)17-8-9-19(29)22(18(17)12-23(20,2)3)28(16-6-7-16)14-24(13-25)10-11-24;1-2/h8-9,16,29H,5-7,10-12,14H2,1-4H3;1-2H3. The van der Waals surface area contributed by atoms with Crippen molar-refractivity contribution in [3.8, 4) is 11.8 Å². The first kappa shape index (κ1) is 23.1. The van der Waals surface area contributed by atoms with E-state index in [1.54, 1.807) is 6.07 Å². The molecule has 1 aromatic rings. The first-order valence-corrected chi connectivity index (χ1v) is 11.5. The Balaban J connectivity index is 0.00000132. The summed E-state index contributed by atoms with van der Waals surface area (Å²) in [6.45, 7) is 15.0. The molecule has 166 valence electrons. The lowest BCUT2D eigenvalue weighted by atomic mass is 9.69. The summed E-state index contributed by atoms with van der Waals surface area (Å²) in [5.74, 6) is 0.299. The fourth-order valence-electron chi connectivity index (χ4n) is 4.83. The topological polar surface area (TPSA) is 72.0 Å². The Kier molecular flexibility index (Phi) is 6.32. The number of anilines is 1. The van der Waals surface area contributed by atoms with Gasteiger partial charge in [-0.1, -0.05) is 27.7 Å². The number of nitriles is 1. The van der Waals surface area contributed by atoms with Gasteiger partial charge in [-0.25, -0.2) is 0 Å². The van der Waals surface area contributed by atoms with Crippen molar-refractivity contribution in [2.75, 3.05) is 18.5 Å². The minimum atomic E-state index is -0.256. The van der Waals surface area contributed by atoms with E-state index in [1.165, 1.54) is 0 Å². The molecule has 0 aromatic heterocycles. The molecular weight excluding hydrogens is 384 g/mol. The second-order valence-corrected chi connectivity index (χ2v) is 9.46. The van der Waals surface area contributed by atoms with Crippen molar-refractivity contribution in [2.45, 2.75) is 72.8 Å². The van der Waals surface area contributed by atoms with Gasteiger partial charge >= 0.3 is 0 Å². The van der Waals surface area contributed by atoms with E-state index >= 15 is 0 Å². The Morgan fingerprint density at radius 3 is 2.42 bits per heavy atom. The van der Waals surface area contributed by atoms with E-state index in [0.717, 1.165) is 65.9 Å². The average molecular weight is 421 g/mol. The lowest BCUT2D eigenvalue weighted by molar-refractivity contribution is 0.445. The molecule has 0 bridgehead atoms. The second kappa shape index (κ2) is 8.49. The lowest BCUT2D eigenvalue weighted by Gasteiger charge is -2.39. The van der Waals surface area contributed by atoms with E-state index in [4.69, 9.17) is 0 Å². The summed E-state index contributed by atoms with van der Waals surface area (Å²) in [4.78, 5) is 11.2. The molecule has 1 aromatic carbocycles. The Hall–Kier alpha value is -2.61. The summed E-state index contributed by atoms with van der Waals surface area (Å²) in [5.41, 5.74) is 5.54. The summed E-state index contributed by atoms with van der Waals surface area (Å²) in [5, 5.41) is 20.6. The predicted molar refractivity (Wildman–Crippen MR) is 130 cm³/mol. The van der Waals surface area contributed by atoms with Gasteiger partial charge in [-0.3, -0.25) is 9.98 Å². The van der Waals surface area contributed by atoms with E-state index in [1.807, 2.05) is 33.9 Å². The van der Waals surface area contributed by atoms with Crippen molar-refractivity contribution in [1.82, 2.24) is 0 Å². The van der Waals surface area contributed by atoms with Gasteiger partial charge in [0.05, 0.1) is 22.9 Å². The van der Waals surface area contributed by atoms with Gasteiger partial charge in [0.15, 0.2) is 0 Å². The smallest absolute Gasteiger partial charge is 0.139 e. The molecule has 2 saturated carbocycles. The number of fused-ring (bicyclic) bond motifs is 1. The Labute approximate surface area is 187 Å². The Morgan fingerprint density at radius 2 is 1.94 bits per heavy atom. The van der Waals surface area contributed by atoms with Crippen LogP contribution in [0.3, 0.4) is 0 Å². The van der Waals surface area contributed by atoms with E-state index in [9.17, 15) is 10.4 Å². The van der Waals surface area contributed by atoms with Crippen LogP contribution in [0, 0.1) is 22.2 Å². The largest absolute Gasteiger partial charge is 0.506 e. The number of aliphatic imine (C=N–C) groups is 2. The van der Waals surface area contributed by atoms with Crippen molar-refractivity contribution in [3.05, 3.63) is 28.8 Å². The molecule has 3 aliphatic rings. The maximum atomic E-state index is 10.9. The fraction of sp³-hybridized carbons (Fsp3) is 0.577. The van der Waals surface area contributed by atoms with Gasteiger partial charge in [0.25, 0.3) is 0 Å². The molecule has 0 amide bonds. The highest BCUT2D eigenvalue weighted by molar-refractivity contribution is 6.07. The van der Waals surface area contributed by atoms with Crippen LogP contribution in [0.1, 0.15) is 71.4 Å². The first-order chi connectivity index (χ1) is 14.8. The number of hydrogen-bond acceptors (Lipinski definition) is 5. The zero-order chi connectivity index (χ0) is 23.0. The molecule has 0 aliphatic heterocycles. The van der Waals surface area contributed by atoms with Crippen LogP contribution in [0.5, 0.6) is 5.75 Å². The normalized spacial score (nSPS) is 20.7. The number of rotatable bonds is 6. The first-order valence-electron chi connectivity index (χ1n) is 11.5. The predicted octanol–water partition coefficient (Wildman–Crippen LogP) is 5.78. The minimum absolute atomic E-state index is 0.183. The van der Waals surface area contributed by atoms with Gasteiger partial charge in [0.2, 0.25) is 0 Å². The SMILES string of the molecule is C=NC1=C(C(C)=NC)C(C)(C)Cc2c1ccc(O)c2N(CC1(C#N)CC1)C1CC1.CC. The maximum Gasteiger partial charge on any atom is 0.139 e. The zero-order valence-electron chi connectivity index (χ0n) is 19.9. The molecule has 31 heavy (non-hydrogen) atoms. The van der Waals surface area contributed by atoms with Crippen LogP contribution in [-0.2, 0) is 6.42 Å². The van der Waals surface area contributed by atoms with Gasteiger partial charge in [-0.2, -0.15) is 5.26 Å². The van der Waals surface area contributed by atoms with Crippen LogP contribution < -0.4 is 4.90 Å². The fourth-order valence-corrected chi connectivity index (χ4v) is 4.83. The molecule has 0 saturated heterocycles. The summed E-state index contributed by atoms with van der Waals surface area (Å²) in [6.07, 6.45) is 4.91. The van der Waals surface area contributed by atoms with Crippen molar-refractivity contribution in [3.63, 3.8) is 0 Å². The molecule has 1 N–H and O–H groups in total. The van der Waals surface area contributed by atoms with Gasteiger partial charge in [0, 0.05) is 36.5 Å². The molecular formula is C26H36N4O. The van der Waals surface area contributed by atoms with Crippen LogP contribution in [0.4, 0.5) is 5.69 Å². The third-order valence-corrected chi connectivity index (χ3v) is 6.74. The molecule has 0 unspecified atom stereocenters. The summed E-state index contributed by atoms with van der Waals surface area (Å²) in [7, 11) is 1.81. The maximum absolute atomic E-state index is 10.9. The third kappa shape index (κ3) is 4.13. The number of allylic oxidation sites excluding steroid dienone is 1. The molecule has 2 fully saturated rings. The number of aromatic hydroxyl groups is 1. The van der Waals surface area contributed by atoms with Crippen molar-refractivity contribution in [2.24, 2.45) is 20.8 Å². The highest BCUT2D eigenvalue weighted by Crippen LogP contribution is 2.53. The van der Waals surface area contributed by atoms with Crippen LogP contribution in [0.15, 0.2) is 27.7 Å². The van der Waals surface area contributed by atoms with Crippen LogP contribution >= 0.6 is 0 Å². The summed E-state index contributed by atoms with van der Waals surface area (Å²) >= 11 is 0. The molecule has 0 radical (unpaired) electrons. The number of phenolic OH excluding ortho intramolecular Hbond substituents is 1. The number of hydrogen-bond donors (Lipinski definition) is 1. The lowest BCUT2D eigenvalue weighted by Crippen LogP contribution is -2.35. The van der Waals surface area contributed by atoms with Crippen LogP contribution in [0.25, 0.3) is 5.70 Å². The van der Waals surface area contributed by atoms with Crippen LogP contribution in [-0.4, -0.2) is 37.2 Å². The number of benzene rings is 1. The highest BCUT2D eigenvalue weighted by atomic mass is 16.3. The van der Waals surface area contributed by atoms with Crippen LogP contribution in [0.2, 0.25) is 0 Å². The van der Waals surface area contributed by atoms with E-state index < -0.39 is 0 Å². The molecule has 3 aliphatic carbocycles. The molecule has 0 spiro atoms. The van der Waals surface area contributed by atoms with Gasteiger partial charge in [-0.05, 0) is 68.9 Å². The Morgan fingerprint density at radius 1 is 1.29 bits per heavy atom. The van der Waals surface area contributed by atoms with E-state index in [-0.39, 0.29) is 10.8 Å². The monoisotopic (exact) mass is 420 g/mol. The molecule has 0 atom stereocenters. The van der Waals surface area contributed by atoms with E-state index in [0.29, 0.717) is 18.3 Å². The minimum Gasteiger partial charge on any atom is -0.506 e. The average Bonchev–Trinajstić information content (AvgIpc) is 3.67. The van der Waals surface area contributed by atoms with Crippen molar-refractivity contribution < 1.29 is 5.11 Å². The highest BCUT2D eigenvalue weighted by Gasteiger charge is 2.48. The van der Waals surface area contributed by atoms with Gasteiger partial charge in [-0.15, -0.1) is 0 Å². The summed E-state index contributed by atoms with van der Waals surface area (Å²) in [6, 6.07) is 6.66. The van der Waals surface area contributed by atoms with Gasteiger partial charge in [0.1, 0.15) is 5.75 Å². The van der Waals surface area contributed by atoms with Crippen molar-refractivity contribution in [1.29, 1.82) is 5.26 Å². The molecule has 5 nitrogen and oxygen atoms in total.